The summed E-state index contributed by atoms with van der Waals surface area (Å²) in [5.74, 6) is 0.652. The van der Waals surface area contributed by atoms with E-state index in [1.165, 1.54) is 0 Å². The lowest BCUT2D eigenvalue weighted by Crippen LogP contribution is -2.40. The van der Waals surface area contributed by atoms with E-state index in [0.29, 0.717) is 37.8 Å². The molecule has 0 bridgehead atoms. The van der Waals surface area contributed by atoms with Crippen molar-refractivity contribution in [1.29, 1.82) is 0 Å². The fourth-order valence-corrected chi connectivity index (χ4v) is 1.50. The van der Waals surface area contributed by atoms with Gasteiger partial charge in [0.2, 0.25) is 0 Å². The van der Waals surface area contributed by atoms with Crippen molar-refractivity contribution in [3.05, 3.63) is 11.8 Å². The maximum absolute atomic E-state index is 11.9. The van der Waals surface area contributed by atoms with Gasteiger partial charge < -0.3 is 15.0 Å². The molecule has 6 heteroatoms. The lowest BCUT2D eigenvalue weighted by Gasteiger charge is -2.26. The van der Waals surface area contributed by atoms with Gasteiger partial charge in [-0.15, -0.1) is 0 Å². The number of ether oxygens (including phenoxy) is 1. The zero-order chi connectivity index (χ0) is 10.7. The van der Waals surface area contributed by atoms with E-state index in [0.717, 1.165) is 0 Å². The molecule has 1 aliphatic heterocycles. The number of aromatic nitrogens is 2. The molecule has 0 radical (unpaired) electrons. The van der Waals surface area contributed by atoms with E-state index in [4.69, 9.17) is 4.74 Å². The molecule has 2 N–H and O–H groups in total. The molecule has 15 heavy (non-hydrogen) atoms. The fourth-order valence-electron chi connectivity index (χ4n) is 1.50. The van der Waals surface area contributed by atoms with E-state index in [9.17, 15) is 4.79 Å². The van der Waals surface area contributed by atoms with E-state index < -0.39 is 0 Å². The van der Waals surface area contributed by atoms with Gasteiger partial charge in [0.1, 0.15) is 11.5 Å². The largest absolute Gasteiger partial charge is 0.378 e. The second-order valence-corrected chi connectivity index (χ2v) is 3.32. The Morgan fingerprint density at radius 2 is 2.33 bits per heavy atom. The first-order valence-corrected chi connectivity index (χ1v) is 4.91. The third kappa shape index (κ3) is 2.10. The van der Waals surface area contributed by atoms with Crippen LogP contribution in [-0.2, 0) is 4.74 Å². The summed E-state index contributed by atoms with van der Waals surface area (Å²) < 4.78 is 5.18. The Labute approximate surface area is 87.6 Å². The summed E-state index contributed by atoms with van der Waals surface area (Å²) in [5, 5.41) is 9.51. The molecule has 0 unspecified atom stereocenters. The van der Waals surface area contributed by atoms with Gasteiger partial charge in [0.25, 0.3) is 5.91 Å². The number of H-pyrrole nitrogens is 1. The van der Waals surface area contributed by atoms with Crippen LogP contribution in [0.25, 0.3) is 0 Å². The van der Waals surface area contributed by atoms with E-state index in [1.54, 1.807) is 18.0 Å². The number of anilines is 1. The Morgan fingerprint density at radius 1 is 1.60 bits per heavy atom. The number of amides is 1. The molecule has 1 saturated heterocycles. The van der Waals surface area contributed by atoms with Gasteiger partial charge in [-0.25, -0.2) is 0 Å². The molecule has 1 aromatic rings. The summed E-state index contributed by atoms with van der Waals surface area (Å²) in [6.07, 6.45) is 0. The van der Waals surface area contributed by atoms with Crippen LogP contribution < -0.4 is 5.32 Å². The lowest BCUT2D eigenvalue weighted by atomic mass is 10.3. The van der Waals surface area contributed by atoms with Crippen LogP contribution in [0.15, 0.2) is 6.07 Å². The number of aromatic amines is 1. The smallest absolute Gasteiger partial charge is 0.272 e. The third-order valence-electron chi connectivity index (χ3n) is 2.36. The van der Waals surface area contributed by atoms with Gasteiger partial charge in [0, 0.05) is 26.2 Å². The van der Waals surface area contributed by atoms with Crippen molar-refractivity contribution in [2.75, 3.05) is 38.7 Å². The van der Waals surface area contributed by atoms with Crippen LogP contribution in [0, 0.1) is 0 Å². The Kier molecular flexibility index (Phi) is 2.86. The zero-order valence-corrected chi connectivity index (χ0v) is 8.62. The number of carbonyl (C=O) groups is 1. The topological polar surface area (TPSA) is 70.2 Å². The molecular weight excluding hydrogens is 196 g/mol. The van der Waals surface area contributed by atoms with Crippen molar-refractivity contribution in [1.82, 2.24) is 15.1 Å². The molecule has 2 heterocycles. The Morgan fingerprint density at radius 3 is 2.93 bits per heavy atom. The van der Waals surface area contributed by atoms with Crippen molar-refractivity contribution in [2.24, 2.45) is 0 Å². The second-order valence-electron chi connectivity index (χ2n) is 3.32. The van der Waals surface area contributed by atoms with Gasteiger partial charge in [0.05, 0.1) is 13.2 Å². The first-order valence-electron chi connectivity index (χ1n) is 4.91. The average Bonchev–Trinajstić information content (AvgIpc) is 2.78. The molecule has 1 aliphatic rings. The molecular formula is C9H14N4O2. The highest BCUT2D eigenvalue weighted by molar-refractivity contribution is 5.93. The molecule has 0 aromatic carbocycles. The van der Waals surface area contributed by atoms with Crippen LogP contribution in [0.1, 0.15) is 10.5 Å². The summed E-state index contributed by atoms with van der Waals surface area (Å²) in [6.45, 7) is 2.51. The first-order chi connectivity index (χ1) is 7.31. The van der Waals surface area contributed by atoms with Crippen molar-refractivity contribution in [3.63, 3.8) is 0 Å². The summed E-state index contributed by atoms with van der Waals surface area (Å²) >= 11 is 0. The number of hydrogen-bond donors (Lipinski definition) is 2. The molecule has 0 saturated carbocycles. The molecule has 0 spiro atoms. The Hall–Kier alpha value is -1.56. The number of nitrogens with one attached hydrogen (secondary N) is 2. The van der Waals surface area contributed by atoms with Crippen LogP contribution >= 0.6 is 0 Å². The molecule has 2 rings (SSSR count). The van der Waals surface area contributed by atoms with Crippen LogP contribution in [0.5, 0.6) is 0 Å². The second kappa shape index (κ2) is 4.31. The van der Waals surface area contributed by atoms with E-state index in [1.807, 2.05) is 0 Å². The van der Waals surface area contributed by atoms with Crippen LogP contribution in [0.3, 0.4) is 0 Å². The van der Waals surface area contributed by atoms with E-state index >= 15 is 0 Å². The normalized spacial score (nSPS) is 16.5. The number of rotatable bonds is 2. The van der Waals surface area contributed by atoms with Gasteiger partial charge in [-0.05, 0) is 0 Å². The van der Waals surface area contributed by atoms with Gasteiger partial charge in [-0.1, -0.05) is 0 Å². The van der Waals surface area contributed by atoms with Crippen LogP contribution in [0.2, 0.25) is 0 Å². The zero-order valence-electron chi connectivity index (χ0n) is 8.62. The van der Waals surface area contributed by atoms with Crippen LogP contribution in [0.4, 0.5) is 5.82 Å². The van der Waals surface area contributed by atoms with Gasteiger partial charge >= 0.3 is 0 Å². The molecule has 0 atom stereocenters. The van der Waals surface area contributed by atoms with Crippen molar-refractivity contribution < 1.29 is 9.53 Å². The molecule has 0 aliphatic carbocycles. The van der Waals surface area contributed by atoms with E-state index in [2.05, 4.69) is 15.5 Å². The van der Waals surface area contributed by atoms with Gasteiger partial charge in [0.15, 0.2) is 0 Å². The third-order valence-corrected chi connectivity index (χ3v) is 2.36. The summed E-state index contributed by atoms with van der Waals surface area (Å²) in [4.78, 5) is 13.7. The summed E-state index contributed by atoms with van der Waals surface area (Å²) in [7, 11) is 1.76. The van der Waals surface area contributed by atoms with Gasteiger partial charge in [-0.2, -0.15) is 5.10 Å². The number of carbonyl (C=O) groups excluding carboxylic acids is 1. The lowest BCUT2D eigenvalue weighted by molar-refractivity contribution is 0.0299. The first kappa shape index (κ1) is 9.97. The Bertz CT molecular complexity index is 344. The van der Waals surface area contributed by atoms with Crippen molar-refractivity contribution >= 4 is 11.7 Å². The summed E-state index contributed by atoms with van der Waals surface area (Å²) in [6, 6.07) is 1.71. The quantitative estimate of drug-likeness (QED) is 0.716. The number of nitrogens with zero attached hydrogens (tertiary/aromatic N) is 2. The number of hydrogen-bond acceptors (Lipinski definition) is 4. The highest BCUT2D eigenvalue weighted by atomic mass is 16.5. The van der Waals surface area contributed by atoms with Crippen LogP contribution in [-0.4, -0.2) is 54.4 Å². The maximum atomic E-state index is 11.9. The predicted molar refractivity (Wildman–Crippen MR) is 54.9 cm³/mol. The highest BCUT2D eigenvalue weighted by Crippen LogP contribution is 2.08. The minimum Gasteiger partial charge on any atom is -0.378 e. The molecule has 6 nitrogen and oxygen atoms in total. The number of morpholine rings is 1. The minimum absolute atomic E-state index is 0.0210. The summed E-state index contributed by atoms with van der Waals surface area (Å²) in [5.41, 5.74) is 0.515. The average molecular weight is 210 g/mol. The Balaban J connectivity index is 2.05. The molecule has 1 aromatic heterocycles. The predicted octanol–water partition coefficient (Wildman–Crippen LogP) is -0.0762. The highest BCUT2D eigenvalue weighted by Gasteiger charge is 2.19. The molecule has 82 valence electrons. The SMILES string of the molecule is CNc1cc(C(=O)N2CCOCC2)[nH]n1. The fraction of sp³-hybridized carbons (Fsp3) is 0.556. The molecule has 1 fully saturated rings. The molecule has 1 amide bonds. The minimum atomic E-state index is -0.0210. The van der Waals surface area contributed by atoms with E-state index in [-0.39, 0.29) is 5.91 Å². The van der Waals surface area contributed by atoms with Gasteiger partial charge in [-0.3, -0.25) is 9.89 Å². The van der Waals surface area contributed by atoms with Crippen molar-refractivity contribution in [2.45, 2.75) is 0 Å². The monoisotopic (exact) mass is 210 g/mol. The maximum Gasteiger partial charge on any atom is 0.272 e. The standard InChI is InChI=1S/C9H14N4O2/c1-10-8-6-7(11-12-8)9(14)13-2-4-15-5-3-13/h6H,2-5H2,1H3,(H2,10,11,12). The van der Waals surface area contributed by atoms with Crippen molar-refractivity contribution in [3.8, 4) is 0 Å².